The topological polar surface area (TPSA) is 106 Å². The van der Waals surface area contributed by atoms with Gasteiger partial charge in [-0.05, 0) is 12.5 Å². The lowest BCUT2D eigenvalue weighted by Gasteiger charge is -2.10. The third kappa shape index (κ3) is 3.42. The standard InChI is InChI=1S/C17H16N4O4/c1-2-25-17(24)12-10-19-21-14(8-13(16(22)23)20-15(12)21)18-9-11-6-4-3-5-7-11/h3-8,10,18H,2,9H2,1H3,(H,22,23). The van der Waals surface area contributed by atoms with Crippen LogP contribution in [0, 0.1) is 0 Å². The van der Waals surface area contributed by atoms with Gasteiger partial charge in [0.25, 0.3) is 0 Å². The molecule has 0 fully saturated rings. The molecule has 2 aromatic heterocycles. The Morgan fingerprint density at radius 1 is 1.28 bits per heavy atom. The van der Waals surface area contributed by atoms with Crippen LogP contribution in [0.15, 0.2) is 42.6 Å². The van der Waals surface area contributed by atoms with Crippen molar-refractivity contribution in [2.45, 2.75) is 13.5 Å². The van der Waals surface area contributed by atoms with Crippen LogP contribution in [0.25, 0.3) is 5.65 Å². The summed E-state index contributed by atoms with van der Waals surface area (Å²) in [6.45, 7) is 2.36. The summed E-state index contributed by atoms with van der Waals surface area (Å²) in [5.74, 6) is -1.37. The van der Waals surface area contributed by atoms with Crippen LogP contribution >= 0.6 is 0 Å². The van der Waals surface area contributed by atoms with Crippen molar-refractivity contribution in [1.29, 1.82) is 0 Å². The molecule has 0 atom stereocenters. The molecule has 3 rings (SSSR count). The predicted molar refractivity (Wildman–Crippen MR) is 89.7 cm³/mol. The van der Waals surface area contributed by atoms with Gasteiger partial charge in [-0.2, -0.15) is 9.61 Å². The van der Waals surface area contributed by atoms with Gasteiger partial charge in [-0.3, -0.25) is 0 Å². The number of carbonyl (C=O) groups is 2. The summed E-state index contributed by atoms with van der Waals surface area (Å²) in [6.07, 6.45) is 1.32. The Kier molecular flexibility index (Phi) is 4.60. The van der Waals surface area contributed by atoms with E-state index in [9.17, 15) is 14.7 Å². The van der Waals surface area contributed by atoms with Crippen LogP contribution in [-0.2, 0) is 11.3 Å². The van der Waals surface area contributed by atoms with Crippen molar-refractivity contribution < 1.29 is 19.4 Å². The maximum Gasteiger partial charge on any atom is 0.354 e. The van der Waals surface area contributed by atoms with Crippen molar-refractivity contribution in [2.75, 3.05) is 11.9 Å². The van der Waals surface area contributed by atoms with Gasteiger partial charge < -0.3 is 15.2 Å². The van der Waals surface area contributed by atoms with E-state index in [0.29, 0.717) is 12.4 Å². The molecular formula is C17H16N4O4. The van der Waals surface area contributed by atoms with Gasteiger partial charge in [0.05, 0.1) is 12.8 Å². The monoisotopic (exact) mass is 340 g/mol. The van der Waals surface area contributed by atoms with Gasteiger partial charge in [0, 0.05) is 12.6 Å². The fraction of sp³-hybridized carbons (Fsp3) is 0.176. The number of carboxylic acids is 1. The Morgan fingerprint density at radius 2 is 2.04 bits per heavy atom. The zero-order chi connectivity index (χ0) is 17.8. The zero-order valence-corrected chi connectivity index (χ0v) is 13.5. The van der Waals surface area contributed by atoms with Gasteiger partial charge in [0.15, 0.2) is 11.3 Å². The zero-order valence-electron chi connectivity index (χ0n) is 13.5. The van der Waals surface area contributed by atoms with E-state index in [4.69, 9.17) is 4.74 Å². The number of anilines is 1. The molecule has 0 bridgehead atoms. The first-order chi connectivity index (χ1) is 12.1. The van der Waals surface area contributed by atoms with Crippen LogP contribution in [0.4, 0.5) is 5.82 Å². The minimum atomic E-state index is -1.19. The highest BCUT2D eigenvalue weighted by Crippen LogP contribution is 2.18. The smallest absolute Gasteiger partial charge is 0.354 e. The van der Waals surface area contributed by atoms with Crippen molar-refractivity contribution in [3.05, 3.63) is 59.4 Å². The summed E-state index contributed by atoms with van der Waals surface area (Å²) in [5.41, 5.74) is 1.08. The Balaban J connectivity index is 2.01. The Labute approximate surface area is 143 Å². The Morgan fingerprint density at radius 3 is 2.72 bits per heavy atom. The highest BCUT2D eigenvalue weighted by molar-refractivity contribution is 5.97. The summed E-state index contributed by atoms with van der Waals surface area (Å²) in [4.78, 5) is 27.4. The second kappa shape index (κ2) is 7.00. The van der Waals surface area contributed by atoms with Crippen LogP contribution in [0.1, 0.15) is 33.3 Å². The van der Waals surface area contributed by atoms with E-state index in [1.165, 1.54) is 16.8 Å². The van der Waals surface area contributed by atoms with E-state index >= 15 is 0 Å². The second-order valence-corrected chi connectivity index (χ2v) is 5.19. The molecule has 8 heteroatoms. The molecule has 128 valence electrons. The van der Waals surface area contributed by atoms with Crippen LogP contribution < -0.4 is 5.32 Å². The number of carboxylic acid groups (broad SMARTS) is 1. The Hall–Kier alpha value is -3.42. The number of carbonyl (C=O) groups excluding carboxylic acids is 1. The number of aromatic carboxylic acids is 1. The fourth-order valence-corrected chi connectivity index (χ4v) is 2.34. The SMILES string of the molecule is CCOC(=O)c1cnn2c(NCc3ccccc3)cc(C(=O)O)nc12. The minimum Gasteiger partial charge on any atom is -0.477 e. The maximum atomic E-state index is 12.0. The first-order valence-electron chi connectivity index (χ1n) is 7.67. The van der Waals surface area contributed by atoms with E-state index in [1.807, 2.05) is 30.3 Å². The first kappa shape index (κ1) is 16.4. The molecule has 0 aliphatic carbocycles. The number of esters is 1. The quantitative estimate of drug-likeness (QED) is 0.663. The number of hydrogen-bond acceptors (Lipinski definition) is 6. The third-order valence-corrected chi connectivity index (χ3v) is 3.50. The average Bonchev–Trinajstić information content (AvgIpc) is 3.05. The number of nitrogens with one attached hydrogen (secondary N) is 1. The number of nitrogens with zero attached hydrogens (tertiary/aromatic N) is 3. The van der Waals surface area contributed by atoms with Gasteiger partial charge in [-0.25, -0.2) is 14.6 Å². The highest BCUT2D eigenvalue weighted by Gasteiger charge is 2.19. The van der Waals surface area contributed by atoms with E-state index in [0.717, 1.165) is 5.56 Å². The lowest BCUT2D eigenvalue weighted by atomic mass is 10.2. The molecule has 0 spiro atoms. The number of aromatic nitrogens is 3. The summed E-state index contributed by atoms with van der Waals surface area (Å²) in [7, 11) is 0. The molecule has 2 N–H and O–H groups in total. The summed E-state index contributed by atoms with van der Waals surface area (Å²) in [6, 6.07) is 11.0. The largest absolute Gasteiger partial charge is 0.477 e. The molecule has 0 saturated carbocycles. The van der Waals surface area contributed by atoms with E-state index < -0.39 is 11.9 Å². The fourth-order valence-electron chi connectivity index (χ4n) is 2.34. The van der Waals surface area contributed by atoms with Gasteiger partial charge in [-0.15, -0.1) is 0 Å². The number of hydrogen-bond donors (Lipinski definition) is 2. The number of ether oxygens (including phenoxy) is 1. The lowest BCUT2D eigenvalue weighted by molar-refractivity contribution is 0.0527. The molecule has 8 nitrogen and oxygen atoms in total. The normalized spacial score (nSPS) is 10.6. The lowest BCUT2D eigenvalue weighted by Crippen LogP contribution is -2.11. The van der Waals surface area contributed by atoms with Gasteiger partial charge in [0.2, 0.25) is 0 Å². The number of rotatable bonds is 6. The molecule has 25 heavy (non-hydrogen) atoms. The first-order valence-corrected chi connectivity index (χ1v) is 7.67. The molecule has 0 saturated heterocycles. The van der Waals surface area contributed by atoms with Gasteiger partial charge >= 0.3 is 11.9 Å². The van der Waals surface area contributed by atoms with Crippen molar-refractivity contribution >= 4 is 23.4 Å². The number of benzene rings is 1. The summed E-state index contributed by atoms with van der Waals surface area (Å²) < 4.78 is 6.35. The van der Waals surface area contributed by atoms with Crippen LogP contribution in [-0.4, -0.2) is 38.3 Å². The number of fused-ring (bicyclic) bond motifs is 1. The molecule has 1 aromatic carbocycles. The highest BCUT2D eigenvalue weighted by atomic mass is 16.5. The molecular weight excluding hydrogens is 324 g/mol. The van der Waals surface area contributed by atoms with Crippen molar-refractivity contribution in [3.8, 4) is 0 Å². The third-order valence-electron chi connectivity index (χ3n) is 3.50. The van der Waals surface area contributed by atoms with E-state index in [-0.39, 0.29) is 23.5 Å². The van der Waals surface area contributed by atoms with Crippen molar-refractivity contribution in [3.63, 3.8) is 0 Å². The van der Waals surface area contributed by atoms with Crippen molar-refractivity contribution in [1.82, 2.24) is 14.6 Å². The van der Waals surface area contributed by atoms with E-state index in [1.54, 1.807) is 6.92 Å². The second-order valence-electron chi connectivity index (χ2n) is 5.19. The summed E-state index contributed by atoms with van der Waals surface area (Å²) >= 11 is 0. The average molecular weight is 340 g/mol. The van der Waals surface area contributed by atoms with Crippen molar-refractivity contribution in [2.24, 2.45) is 0 Å². The Bertz CT molecular complexity index is 921. The molecule has 2 heterocycles. The molecule has 0 radical (unpaired) electrons. The maximum absolute atomic E-state index is 12.0. The molecule has 0 aliphatic heterocycles. The molecule has 3 aromatic rings. The summed E-state index contributed by atoms with van der Waals surface area (Å²) in [5, 5.41) is 16.5. The van der Waals surface area contributed by atoms with Gasteiger partial charge in [0.1, 0.15) is 11.4 Å². The van der Waals surface area contributed by atoms with Crippen LogP contribution in [0.5, 0.6) is 0 Å². The minimum absolute atomic E-state index is 0.118. The molecule has 0 unspecified atom stereocenters. The van der Waals surface area contributed by atoms with Gasteiger partial charge in [-0.1, -0.05) is 30.3 Å². The molecule has 0 aliphatic rings. The predicted octanol–water partition coefficient (Wildman–Crippen LogP) is 2.22. The van der Waals surface area contributed by atoms with E-state index in [2.05, 4.69) is 15.4 Å². The molecule has 0 amide bonds. The van der Waals surface area contributed by atoms with Crippen LogP contribution in [0.3, 0.4) is 0 Å². The van der Waals surface area contributed by atoms with Crippen LogP contribution in [0.2, 0.25) is 0 Å².